The molecule has 1 heterocycles. The molecule has 1 aromatic heterocycles. The number of rotatable bonds is 0. The molecular weight excluding hydrogens is 155 g/mol. The van der Waals surface area contributed by atoms with Crippen LogP contribution in [0.4, 0.5) is 4.39 Å². The normalized spacial score (nSPS) is 10.9. The summed E-state index contributed by atoms with van der Waals surface area (Å²) in [4.78, 5) is 0. The average molecular weight is 164 g/mol. The van der Waals surface area contributed by atoms with Crippen LogP contribution in [-0.4, -0.2) is 9.78 Å². The van der Waals surface area contributed by atoms with Gasteiger partial charge in [-0.15, -0.1) is 0 Å². The summed E-state index contributed by atoms with van der Waals surface area (Å²) in [5, 5.41) is 5.13. The molecule has 0 spiro atoms. The van der Waals surface area contributed by atoms with Gasteiger partial charge in [0.05, 0.1) is 5.52 Å². The third kappa shape index (κ3) is 0.897. The second-order valence-corrected chi connectivity index (χ2v) is 2.91. The van der Waals surface area contributed by atoms with Gasteiger partial charge in [-0.2, -0.15) is 5.10 Å². The fraction of sp³-hybridized carbons (Fsp3) is 0.222. The summed E-state index contributed by atoms with van der Waals surface area (Å²) in [6.45, 7) is 1.74. The molecule has 2 aromatic rings. The van der Waals surface area contributed by atoms with Crippen molar-refractivity contribution in [2.24, 2.45) is 7.05 Å². The van der Waals surface area contributed by atoms with Crippen LogP contribution in [0, 0.1) is 12.7 Å². The monoisotopic (exact) mass is 164 g/mol. The van der Waals surface area contributed by atoms with Gasteiger partial charge in [-0.3, -0.25) is 4.68 Å². The van der Waals surface area contributed by atoms with Gasteiger partial charge in [0, 0.05) is 24.2 Å². The largest absolute Gasteiger partial charge is 0.275 e. The molecule has 0 amide bonds. The van der Waals surface area contributed by atoms with Crippen molar-refractivity contribution >= 4 is 10.9 Å². The van der Waals surface area contributed by atoms with Crippen molar-refractivity contribution in [3.63, 3.8) is 0 Å². The van der Waals surface area contributed by atoms with Crippen LogP contribution >= 0.6 is 0 Å². The molecule has 0 aliphatic heterocycles. The molecule has 12 heavy (non-hydrogen) atoms. The summed E-state index contributed by atoms with van der Waals surface area (Å²) < 4.78 is 14.7. The van der Waals surface area contributed by atoms with Gasteiger partial charge in [0.2, 0.25) is 0 Å². The van der Waals surface area contributed by atoms with Crippen LogP contribution in [0.5, 0.6) is 0 Å². The van der Waals surface area contributed by atoms with Crippen molar-refractivity contribution in [1.82, 2.24) is 9.78 Å². The molecule has 62 valence electrons. The Morgan fingerprint density at radius 2 is 2.17 bits per heavy atom. The molecule has 0 aliphatic carbocycles. The van der Waals surface area contributed by atoms with Gasteiger partial charge in [0.15, 0.2) is 0 Å². The number of benzene rings is 1. The minimum Gasteiger partial charge on any atom is -0.275 e. The molecule has 0 unspecified atom stereocenters. The zero-order valence-corrected chi connectivity index (χ0v) is 7.00. The third-order valence-electron chi connectivity index (χ3n) is 1.98. The van der Waals surface area contributed by atoms with Gasteiger partial charge in [-0.1, -0.05) is 0 Å². The van der Waals surface area contributed by atoms with E-state index in [4.69, 9.17) is 0 Å². The Labute approximate surface area is 69.6 Å². The van der Waals surface area contributed by atoms with Crippen molar-refractivity contribution in [1.29, 1.82) is 0 Å². The van der Waals surface area contributed by atoms with Crippen molar-refractivity contribution in [3.8, 4) is 0 Å². The zero-order chi connectivity index (χ0) is 8.72. The molecule has 0 fully saturated rings. The van der Waals surface area contributed by atoms with Crippen LogP contribution in [0.15, 0.2) is 18.3 Å². The summed E-state index contributed by atoms with van der Waals surface area (Å²) in [7, 11) is 1.83. The molecule has 3 heteroatoms. The maximum absolute atomic E-state index is 13.0. The number of hydrogen-bond acceptors (Lipinski definition) is 1. The quantitative estimate of drug-likeness (QED) is 0.582. The number of aryl methyl sites for hydroxylation is 2. The highest BCUT2D eigenvalue weighted by atomic mass is 19.1. The van der Waals surface area contributed by atoms with Gasteiger partial charge in [-0.05, 0) is 19.1 Å². The third-order valence-corrected chi connectivity index (χ3v) is 1.98. The first-order valence-electron chi connectivity index (χ1n) is 3.77. The Morgan fingerprint density at radius 3 is 2.92 bits per heavy atom. The van der Waals surface area contributed by atoms with E-state index in [1.54, 1.807) is 17.7 Å². The zero-order valence-electron chi connectivity index (χ0n) is 7.00. The SMILES string of the molecule is Cc1c(F)ccc2cn(C)nc12. The summed E-state index contributed by atoms with van der Waals surface area (Å²) in [5.41, 5.74) is 1.37. The first-order chi connectivity index (χ1) is 5.68. The molecule has 0 radical (unpaired) electrons. The van der Waals surface area contributed by atoms with Crippen molar-refractivity contribution in [3.05, 3.63) is 29.7 Å². The molecule has 2 nitrogen and oxygen atoms in total. The summed E-state index contributed by atoms with van der Waals surface area (Å²) in [6, 6.07) is 3.21. The Kier molecular flexibility index (Phi) is 1.40. The van der Waals surface area contributed by atoms with Crippen LogP contribution in [0.1, 0.15) is 5.56 Å². The smallest absolute Gasteiger partial charge is 0.128 e. The van der Waals surface area contributed by atoms with E-state index >= 15 is 0 Å². The number of halogens is 1. The Bertz CT molecular complexity index is 431. The lowest BCUT2D eigenvalue weighted by atomic mass is 10.1. The van der Waals surface area contributed by atoms with Gasteiger partial charge >= 0.3 is 0 Å². The van der Waals surface area contributed by atoms with E-state index in [2.05, 4.69) is 5.10 Å². The lowest BCUT2D eigenvalue weighted by Crippen LogP contribution is -1.87. The van der Waals surface area contributed by atoms with E-state index in [-0.39, 0.29) is 5.82 Å². The van der Waals surface area contributed by atoms with E-state index in [9.17, 15) is 4.39 Å². The van der Waals surface area contributed by atoms with E-state index in [0.29, 0.717) is 5.56 Å². The van der Waals surface area contributed by atoms with Gasteiger partial charge in [-0.25, -0.2) is 4.39 Å². The van der Waals surface area contributed by atoms with Crippen LogP contribution in [0.2, 0.25) is 0 Å². The van der Waals surface area contributed by atoms with Crippen LogP contribution in [-0.2, 0) is 7.05 Å². The van der Waals surface area contributed by atoms with Gasteiger partial charge in [0.1, 0.15) is 5.82 Å². The molecule has 0 aliphatic rings. The predicted octanol–water partition coefficient (Wildman–Crippen LogP) is 2.02. The van der Waals surface area contributed by atoms with Crippen LogP contribution in [0.25, 0.3) is 10.9 Å². The highest BCUT2D eigenvalue weighted by Gasteiger charge is 2.05. The number of hydrogen-bond donors (Lipinski definition) is 0. The Hall–Kier alpha value is -1.38. The number of aromatic nitrogens is 2. The minimum absolute atomic E-state index is 0.193. The molecule has 0 N–H and O–H groups in total. The lowest BCUT2D eigenvalue weighted by Gasteiger charge is -1.94. The maximum atomic E-state index is 13.0. The van der Waals surface area contributed by atoms with E-state index < -0.39 is 0 Å². The molecule has 2 rings (SSSR count). The van der Waals surface area contributed by atoms with Crippen LogP contribution in [0.3, 0.4) is 0 Å². The minimum atomic E-state index is -0.193. The molecule has 0 saturated heterocycles. The van der Waals surface area contributed by atoms with Crippen molar-refractivity contribution in [2.75, 3.05) is 0 Å². The molecule has 0 saturated carbocycles. The highest BCUT2D eigenvalue weighted by Crippen LogP contribution is 2.18. The Balaban J connectivity index is 2.89. The summed E-state index contributed by atoms with van der Waals surface area (Å²) >= 11 is 0. The van der Waals surface area contributed by atoms with Crippen LogP contribution < -0.4 is 0 Å². The van der Waals surface area contributed by atoms with Gasteiger partial charge in [0.25, 0.3) is 0 Å². The number of nitrogens with zero attached hydrogens (tertiary/aromatic N) is 2. The van der Waals surface area contributed by atoms with E-state index in [1.807, 2.05) is 13.2 Å². The summed E-state index contributed by atoms with van der Waals surface area (Å²) in [6.07, 6.45) is 1.88. The molecular formula is C9H9FN2. The summed E-state index contributed by atoms with van der Waals surface area (Å²) in [5.74, 6) is -0.193. The second-order valence-electron chi connectivity index (χ2n) is 2.91. The Morgan fingerprint density at radius 1 is 1.42 bits per heavy atom. The van der Waals surface area contributed by atoms with E-state index in [0.717, 1.165) is 10.9 Å². The lowest BCUT2D eigenvalue weighted by molar-refractivity contribution is 0.620. The predicted molar refractivity (Wildman–Crippen MR) is 45.4 cm³/mol. The average Bonchev–Trinajstić information content (AvgIpc) is 2.39. The fourth-order valence-electron chi connectivity index (χ4n) is 1.32. The maximum Gasteiger partial charge on any atom is 0.128 e. The first kappa shape index (κ1) is 7.28. The topological polar surface area (TPSA) is 17.8 Å². The number of fused-ring (bicyclic) bond motifs is 1. The first-order valence-corrected chi connectivity index (χ1v) is 3.77. The van der Waals surface area contributed by atoms with Crippen molar-refractivity contribution in [2.45, 2.75) is 6.92 Å². The fourth-order valence-corrected chi connectivity index (χ4v) is 1.32. The van der Waals surface area contributed by atoms with Crippen molar-refractivity contribution < 1.29 is 4.39 Å². The molecule has 1 aromatic carbocycles. The van der Waals surface area contributed by atoms with E-state index in [1.165, 1.54) is 6.07 Å². The standard InChI is InChI=1S/C9H9FN2/c1-6-8(10)4-3-7-5-12(2)11-9(6)7/h3-5H,1-2H3. The highest BCUT2D eigenvalue weighted by molar-refractivity contribution is 5.81. The molecule has 0 bridgehead atoms. The second kappa shape index (κ2) is 2.30. The molecule has 0 atom stereocenters. The van der Waals surface area contributed by atoms with Gasteiger partial charge < -0.3 is 0 Å².